The molecule has 0 heterocycles. The molecule has 0 aromatic heterocycles. The van der Waals surface area contributed by atoms with Gasteiger partial charge in [0.15, 0.2) is 0 Å². The van der Waals surface area contributed by atoms with Crippen molar-refractivity contribution < 1.29 is 0 Å². The molecular weight excluding hydrogens is 242 g/mol. The van der Waals surface area contributed by atoms with Crippen LogP contribution in [0.25, 0.3) is 0 Å². The predicted octanol–water partition coefficient (Wildman–Crippen LogP) is 5.14. The van der Waals surface area contributed by atoms with Gasteiger partial charge in [-0.25, -0.2) is 0 Å². The molecule has 0 radical (unpaired) electrons. The molecule has 0 aliphatic heterocycles. The van der Waals surface area contributed by atoms with Crippen molar-refractivity contribution in [2.75, 3.05) is 7.05 Å². The van der Waals surface area contributed by atoms with E-state index in [4.69, 9.17) is 0 Å². The van der Waals surface area contributed by atoms with E-state index in [9.17, 15) is 0 Å². The Bertz CT molecular complexity index is 404. The Hall–Kier alpha value is -1.08. The molecule has 0 bridgehead atoms. The van der Waals surface area contributed by atoms with E-state index >= 15 is 0 Å². The first-order valence-electron chi connectivity index (χ1n) is 7.67. The highest BCUT2D eigenvalue weighted by molar-refractivity contribution is 5.27. The summed E-state index contributed by atoms with van der Waals surface area (Å²) in [5, 5.41) is 3.38. The summed E-state index contributed by atoms with van der Waals surface area (Å²) in [6.07, 6.45) is 2.32. The summed E-state index contributed by atoms with van der Waals surface area (Å²) >= 11 is 0. The quantitative estimate of drug-likeness (QED) is 0.733. The molecule has 1 heteroatoms. The van der Waals surface area contributed by atoms with Gasteiger partial charge in [-0.3, -0.25) is 0 Å². The van der Waals surface area contributed by atoms with Crippen molar-refractivity contribution in [1.29, 1.82) is 0 Å². The third-order valence-electron chi connectivity index (χ3n) is 3.47. The first kappa shape index (κ1) is 18.9. The lowest BCUT2D eigenvalue weighted by Crippen LogP contribution is -2.42. The van der Waals surface area contributed by atoms with E-state index in [0.29, 0.717) is 6.04 Å². The molecule has 1 aromatic carbocycles. The molecule has 1 atom stereocenters. The molecular formula is C19H33N. The van der Waals surface area contributed by atoms with Crippen LogP contribution >= 0.6 is 0 Å². The maximum Gasteiger partial charge on any atom is 0.0326 e. The van der Waals surface area contributed by atoms with Gasteiger partial charge in [0, 0.05) is 6.04 Å². The molecule has 0 spiro atoms. The predicted molar refractivity (Wildman–Crippen MR) is 92.3 cm³/mol. The molecule has 0 saturated heterocycles. The first-order chi connectivity index (χ1) is 9.30. The Balaban J connectivity index is 0.00000110. The minimum Gasteiger partial charge on any atom is -0.313 e. The van der Waals surface area contributed by atoms with Gasteiger partial charge in [-0.15, -0.1) is 0 Å². The van der Waals surface area contributed by atoms with Crippen LogP contribution in [-0.4, -0.2) is 13.1 Å². The van der Waals surface area contributed by atoms with Crippen LogP contribution in [-0.2, 0) is 6.42 Å². The number of rotatable bonds is 5. The SMILES string of the molecule is C=C(C)C(NC)C(C)(C)Cc1ccccc1C.CCC. The summed E-state index contributed by atoms with van der Waals surface area (Å²) < 4.78 is 0. The van der Waals surface area contributed by atoms with Crippen LogP contribution in [0.2, 0.25) is 0 Å². The van der Waals surface area contributed by atoms with E-state index in [-0.39, 0.29) is 5.41 Å². The van der Waals surface area contributed by atoms with E-state index < -0.39 is 0 Å². The van der Waals surface area contributed by atoms with Gasteiger partial charge in [0.05, 0.1) is 0 Å². The zero-order valence-electron chi connectivity index (χ0n) is 14.5. The highest BCUT2D eigenvalue weighted by atomic mass is 14.9. The molecule has 0 aliphatic carbocycles. The van der Waals surface area contributed by atoms with Crippen molar-refractivity contribution in [3.05, 3.63) is 47.5 Å². The van der Waals surface area contributed by atoms with Gasteiger partial charge in [0.1, 0.15) is 0 Å². The van der Waals surface area contributed by atoms with Crippen LogP contribution < -0.4 is 5.32 Å². The van der Waals surface area contributed by atoms with E-state index in [0.717, 1.165) is 6.42 Å². The second-order valence-corrected chi connectivity index (χ2v) is 6.37. The van der Waals surface area contributed by atoms with Crippen LogP contribution in [0, 0.1) is 12.3 Å². The first-order valence-corrected chi connectivity index (χ1v) is 7.67. The molecule has 20 heavy (non-hydrogen) atoms. The Morgan fingerprint density at radius 3 is 2.15 bits per heavy atom. The fraction of sp³-hybridized carbons (Fsp3) is 0.579. The Morgan fingerprint density at radius 1 is 1.25 bits per heavy atom. The zero-order valence-corrected chi connectivity index (χ0v) is 14.5. The summed E-state index contributed by atoms with van der Waals surface area (Å²) in [4.78, 5) is 0. The summed E-state index contributed by atoms with van der Waals surface area (Å²) in [7, 11) is 2.01. The standard InChI is InChI=1S/C16H25N.C3H8/c1-12(2)15(17-6)16(4,5)11-14-10-8-7-9-13(14)3;1-3-2/h7-10,15,17H,1,11H2,2-6H3;3H2,1-2H3. The second-order valence-electron chi connectivity index (χ2n) is 6.37. The van der Waals surface area contributed by atoms with Crippen molar-refractivity contribution in [3.63, 3.8) is 0 Å². The minimum absolute atomic E-state index is 0.173. The summed E-state index contributed by atoms with van der Waals surface area (Å²) in [6, 6.07) is 8.97. The van der Waals surface area contributed by atoms with Gasteiger partial charge in [0.25, 0.3) is 0 Å². The van der Waals surface area contributed by atoms with Crippen LogP contribution in [0.5, 0.6) is 0 Å². The van der Waals surface area contributed by atoms with Gasteiger partial charge in [0.2, 0.25) is 0 Å². The fourth-order valence-electron chi connectivity index (χ4n) is 2.71. The third-order valence-corrected chi connectivity index (χ3v) is 3.47. The lowest BCUT2D eigenvalue weighted by molar-refractivity contribution is 0.280. The largest absolute Gasteiger partial charge is 0.313 e. The van der Waals surface area contributed by atoms with Gasteiger partial charge >= 0.3 is 0 Å². The van der Waals surface area contributed by atoms with Crippen molar-refractivity contribution in [3.8, 4) is 0 Å². The maximum atomic E-state index is 4.09. The van der Waals surface area contributed by atoms with Crippen LogP contribution in [0.1, 0.15) is 52.2 Å². The smallest absolute Gasteiger partial charge is 0.0326 e. The topological polar surface area (TPSA) is 12.0 Å². The molecule has 1 aromatic rings. The van der Waals surface area contributed by atoms with E-state index in [2.05, 4.69) is 77.7 Å². The minimum atomic E-state index is 0.173. The normalized spacial score (nSPS) is 12.3. The lowest BCUT2D eigenvalue weighted by atomic mass is 9.75. The van der Waals surface area contributed by atoms with Gasteiger partial charge in [-0.05, 0) is 43.9 Å². The average Bonchev–Trinajstić information content (AvgIpc) is 2.32. The molecule has 0 amide bonds. The maximum absolute atomic E-state index is 4.09. The van der Waals surface area contributed by atoms with Crippen molar-refractivity contribution in [2.45, 2.75) is 60.4 Å². The number of nitrogens with one attached hydrogen (secondary N) is 1. The number of likely N-dealkylation sites (N-methyl/N-ethyl adjacent to an activating group) is 1. The molecule has 1 unspecified atom stereocenters. The van der Waals surface area contributed by atoms with Crippen molar-refractivity contribution in [2.24, 2.45) is 5.41 Å². The fourth-order valence-corrected chi connectivity index (χ4v) is 2.71. The lowest BCUT2D eigenvalue weighted by Gasteiger charge is -2.35. The molecule has 0 saturated carbocycles. The zero-order chi connectivity index (χ0) is 15.8. The molecule has 1 rings (SSSR count). The summed E-state index contributed by atoms with van der Waals surface area (Å²) in [5.74, 6) is 0. The number of benzene rings is 1. The van der Waals surface area contributed by atoms with Gasteiger partial charge < -0.3 is 5.32 Å². The molecule has 1 N–H and O–H groups in total. The summed E-state index contributed by atoms with van der Waals surface area (Å²) in [5.41, 5.74) is 4.18. The van der Waals surface area contributed by atoms with E-state index in [1.165, 1.54) is 23.1 Å². The monoisotopic (exact) mass is 275 g/mol. The summed E-state index contributed by atoms with van der Waals surface area (Å²) in [6.45, 7) is 17.2. The Labute approximate surface area is 126 Å². The number of aryl methyl sites for hydroxylation is 1. The molecule has 114 valence electrons. The van der Waals surface area contributed by atoms with E-state index in [1.54, 1.807) is 0 Å². The molecule has 1 nitrogen and oxygen atoms in total. The molecule has 0 fully saturated rings. The van der Waals surface area contributed by atoms with E-state index in [1.807, 2.05) is 7.05 Å². The highest BCUT2D eigenvalue weighted by Crippen LogP contribution is 2.30. The number of hydrogen-bond donors (Lipinski definition) is 1. The van der Waals surface area contributed by atoms with Crippen LogP contribution in [0.15, 0.2) is 36.4 Å². The number of hydrogen-bond acceptors (Lipinski definition) is 1. The molecule has 0 aliphatic rings. The Kier molecular flexibility index (Phi) is 8.48. The highest BCUT2D eigenvalue weighted by Gasteiger charge is 2.29. The van der Waals surface area contributed by atoms with Gasteiger partial charge in [-0.1, -0.05) is 70.5 Å². The van der Waals surface area contributed by atoms with Crippen LogP contribution in [0.4, 0.5) is 0 Å². The average molecular weight is 275 g/mol. The van der Waals surface area contributed by atoms with Gasteiger partial charge in [-0.2, -0.15) is 0 Å². The van der Waals surface area contributed by atoms with Crippen molar-refractivity contribution >= 4 is 0 Å². The van der Waals surface area contributed by atoms with Crippen LogP contribution in [0.3, 0.4) is 0 Å². The van der Waals surface area contributed by atoms with Crippen molar-refractivity contribution in [1.82, 2.24) is 5.32 Å². The Morgan fingerprint density at radius 2 is 1.75 bits per heavy atom. The third kappa shape index (κ3) is 5.92. The second kappa shape index (κ2) is 8.97.